The van der Waals surface area contributed by atoms with Crippen molar-refractivity contribution in [3.63, 3.8) is 0 Å². The molecule has 1 amide bonds. The van der Waals surface area contributed by atoms with E-state index in [1.807, 2.05) is 4.90 Å². The monoisotopic (exact) mass is 449 g/mol. The van der Waals surface area contributed by atoms with Crippen LogP contribution in [-0.2, 0) is 14.8 Å². The van der Waals surface area contributed by atoms with E-state index in [1.165, 1.54) is 70.0 Å². The highest BCUT2D eigenvalue weighted by atomic mass is 32.2. The molecule has 2 heterocycles. The summed E-state index contributed by atoms with van der Waals surface area (Å²) in [6.45, 7) is 6.58. The second-order valence-electron chi connectivity index (χ2n) is 8.77. The van der Waals surface area contributed by atoms with Crippen molar-refractivity contribution in [2.45, 2.75) is 56.8 Å². The standard InChI is InChI=1S/C23H35N3O4S/c1-19(27)21-6-8-22(9-7-21)31(29,30)24-13-10-23(28)26-16-11-20(12-17-26)18-25-14-4-2-3-5-15-25/h6-9,20,24H,2-5,10-18H2,1H3. The van der Waals surface area contributed by atoms with Crippen LogP contribution in [0, 0.1) is 5.92 Å². The summed E-state index contributed by atoms with van der Waals surface area (Å²) < 4.78 is 27.3. The van der Waals surface area contributed by atoms with E-state index < -0.39 is 10.0 Å². The first-order valence-electron chi connectivity index (χ1n) is 11.5. The van der Waals surface area contributed by atoms with Crippen LogP contribution in [-0.4, -0.2) is 69.2 Å². The van der Waals surface area contributed by atoms with Gasteiger partial charge in [-0.2, -0.15) is 0 Å². The average Bonchev–Trinajstić information content (AvgIpc) is 3.03. The lowest BCUT2D eigenvalue weighted by molar-refractivity contribution is -0.132. The number of rotatable bonds is 8. The summed E-state index contributed by atoms with van der Waals surface area (Å²) in [5.74, 6) is 0.541. The highest BCUT2D eigenvalue weighted by Crippen LogP contribution is 2.21. The zero-order chi connectivity index (χ0) is 22.3. The van der Waals surface area contributed by atoms with Gasteiger partial charge < -0.3 is 9.80 Å². The largest absolute Gasteiger partial charge is 0.343 e. The molecule has 1 N–H and O–H groups in total. The van der Waals surface area contributed by atoms with Crippen molar-refractivity contribution < 1.29 is 18.0 Å². The van der Waals surface area contributed by atoms with E-state index in [2.05, 4.69) is 9.62 Å². The van der Waals surface area contributed by atoms with Gasteiger partial charge in [0.1, 0.15) is 0 Å². The number of nitrogens with zero attached hydrogens (tertiary/aromatic N) is 2. The first kappa shape index (κ1) is 23.9. The molecule has 172 valence electrons. The minimum atomic E-state index is -3.69. The van der Waals surface area contributed by atoms with Crippen LogP contribution < -0.4 is 4.72 Å². The molecule has 0 bridgehead atoms. The molecule has 0 radical (unpaired) electrons. The maximum absolute atomic E-state index is 12.5. The third-order valence-corrected chi connectivity index (χ3v) is 7.86. The van der Waals surface area contributed by atoms with Crippen molar-refractivity contribution in [1.82, 2.24) is 14.5 Å². The predicted molar refractivity (Wildman–Crippen MR) is 120 cm³/mol. The minimum Gasteiger partial charge on any atom is -0.343 e. The molecule has 7 nitrogen and oxygen atoms in total. The molecule has 1 aromatic carbocycles. The Balaban J connectivity index is 1.39. The molecule has 0 aliphatic carbocycles. The number of hydrogen-bond acceptors (Lipinski definition) is 5. The molecule has 0 aromatic heterocycles. The van der Waals surface area contributed by atoms with E-state index in [9.17, 15) is 18.0 Å². The summed E-state index contributed by atoms with van der Waals surface area (Å²) in [4.78, 5) is 28.4. The fraction of sp³-hybridized carbons (Fsp3) is 0.652. The highest BCUT2D eigenvalue weighted by Gasteiger charge is 2.25. The van der Waals surface area contributed by atoms with Crippen LogP contribution in [0.25, 0.3) is 0 Å². The van der Waals surface area contributed by atoms with E-state index >= 15 is 0 Å². The Morgan fingerprint density at radius 1 is 0.968 bits per heavy atom. The summed E-state index contributed by atoms with van der Waals surface area (Å²) in [5.41, 5.74) is 0.466. The zero-order valence-corrected chi connectivity index (χ0v) is 19.3. The van der Waals surface area contributed by atoms with Gasteiger partial charge in [-0.15, -0.1) is 0 Å². The fourth-order valence-corrected chi connectivity index (χ4v) is 5.48. The van der Waals surface area contributed by atoms with Crippen molar-refractivity contribution in [1.29, 1.82) is 0 Å². The maximum atomic E-state index is 12.5. The lowest BCUT2D eigenvalue weighted by atomic mass is 9.96. The number of ketones is 1. The lowest BCUT2D eigenvalue weighted by Gasteiger charge is -2.34. The van der Waals surface area contributed by atoms with Crippen molar-refractivity contribution in [3.8, 4) is 0 Å². The summed E-state index contributed by atoms with van der Waals surface area (Å²) >= 11 is 0. The number of sulfonamides is 1. The van der Waals surface area contributed by atoms with Crippen LogP contribution in [0.15, 0.2) is 29.2 Å². The molecule has 2 aliphatic rings. The molecule has 0 atom stereocenters. The number of carbonyl (C=O) groups excluding carboxylic acids is 2. The molecule has 2 saturated heterocycles. The van der Waals surface area contributed by atoms with Crippen LogP contribution in [0.3, 0.4) is 0 Å². The molecule has 3 rings (SSSR count). The van der Waals surface area contributed by atoms with Gasteiger partial charge in [0.15, 0.2) is 5.78 Å². The van der Waals surface area contributed by atoms with Gasteiger partial charge in [0.05, 0.1) is 4.90 Å². The first-order valence-corrected chi connectivity index (χ1v) is 12.9. The SMILES string of the molecule is CC(=O)c1ccc(S(=O)(=O)NCCC(=O)N2CCC(CN3CCCCCC3)CC2)cc1. The van der Waals surface area contributed by atoms with E-state index in [4.69, 9.17) is 0 Å². The van der Waals surface area contributed by atoms with Crippen molar-refractivity contribution >= 4 is 21.7 Å². The third kappa shape index (κ3) is 7.12. The Kier molecular flexibility index (Phi) is 8.63. The number of Topliss-reactive ketones (excluding diaryl/α,β-unsaturated/α-hetero) is 1. The van der Waals surface area contributed by atoms with Crippen molar-refractivity contribution in [2.24, 2.45) is 5.92 Å². The van der Waals surface area contributed by atoms with Gasteiger partial charge in [0, 0.05) is 38.2 Å². The zero-order valence-electron chi connectivity index (χ0n) is 18.5. The smallest absolute Gasteiger partial charge is 0.240 e. The minimum absolute atomic E-state index is 0.00264. The Bertz CT molecular complexity index is 838. The number of hydrogen-bond donors (Lipinski definition) is 1. The quantitative estimate of drug-likeness (QED) is 0.617. The van der Waals surface area contributed by atoms with Gasteiger partial charge in [-0.1, -0.05) is 25.0 Å². The Morgan fingerprint density at radius 3 is 2.16 bits per heavy atom. The third-order valence-electron chi connectivity index (χ3n) is 6.38. The second kappa shape index (κ2) is 11.2. The van der Waals surface area contributed by atoms with Crippen LogP contribution >= 0.6 is 0 Å². The number of nitrogens with one attached hydrogen (secondary N) is 1. The lowest BCUT2D eigenvalue weighted by Crippen LogP contribution is -2.42. The van der Waals surface area contributed by atoms with Crippen molar-refractivity contribution in [2.75, 3.05) is 39.3 Å². The van der Waals surface area contributed by atoms with Gasteiger partial charge in [0.25, 0.3) is 0 Å². The van der Waals surface area contributed by atoms with E-state index in [1.54, 1.807) is 0 Å². The molecule has 0 spiro atoms. The van der Waals surface area contributed by atoms with Crippen LogP contribution in [0.2, 0.25) is 0 Å². The molecule has 1 aromatic rings. The molecule has 31 heavy (non-hydrogen) atoms. The van der Waals surface area contributed by atoms with E-state index in [-0.39, 0.29) is 29.6 Å². The van der Waals surface area contributed by atoms with Crippen LogP contribution in [0.5, 0.6) is 0 Å². The second-order valence-corrected chi connectivity index (χ2v) is 10.5. The number of likely N-dealkylation sites (tertiary alicyclic amines) is 2. The van der Waals surface area contributed by atoms with E-state index in [0.29, 0.717) is 11.5 Å². The van der Waals surface area contributed by atoms with Gasteiger partial charge in [-0.3, -0.25) is 9.59 Å². The number of benzene rings is 1. The molecule has 8 heteroatoms. The summed E-state index contributed by atoms with van der Waals surface area (Å²) in [7, 11) is -3.69. The Hall–Kier alpha value is -1.77. The average molecular weight is 450 g/mol. The molecule has 2 aliphatic heterocycles. The van der Waals surface area contributed by atoms with E-state index in [0.717, 1.165) is 32.5 Å². The Labute approximate surface area is 186 Å². The van der Waals surface area contributed by atoms with Gasteiger partial charge in [0.2, 0.25) is 15.9 Å². The molecular weight excluding hydrogens is 414 g/mol. The molecule has 2 fully saturated rings. The van der Waals surface area contributed by atoms with Crippen LogP contribution in [0.1, 0.15) is 62.2 Å². The van der Waals surface area contributed by atoms with Gasteiger partial charge >= 0.3 is 0 Å². The maximum Gasteiger partial charge on any atom is 0.240 e. The van der Waals surface area contributed by atoms with Gasteiger partial charge in [-0.25, -0.2) is 13.1 Å². The predicted octanol–water partition coefficient (Wildman–Crippen LogP) is 2.67. The van der Waals surface area contributed by atoms with Crippen LogP contribution in [0.4, 0.5) is 0 Å². The summed E-state index contributed by atoms with van der Waals surface area (Å²) in [6, 6.07) is 5.82. The summed E-state index contributed by atoms with van der Waals surface area (Å²) in [6.07, 6.45) is 7.49. The first-order chi connectivity index (χ1) is 14.8. The van der Waals surface area contributed by atoms with Crippen molar-refractivity contribution in [3.05, 3.63) is 29.8 Å². The van der Waals surface area contributed by atoms with Gasteiger partial charge in [-0.05, 0) is 63.7 Å². The molecule has 0 saturated carbocycles. The Morgan fingerprint density at radius 2 is 1.58 bits per heavy atom. The number of carbonyl (C=O) groups is 2. The highest BCUT2D eigenvalue weighted by molar-refractivity contribution is 7.89. The molecular formula is C23H35N3O4S. The topological polar surface area (TPSA) is 86.8 Å². The number of piperidine rings is 1. The fourth-order valence-electron chi connectivity index (χ4n) is 4.45. The summed E-state index contributed by atoms with van der Waals surface area (Å²) in [5, 5.41) is 0. The normalized spacial score (nSPS) is 19.2. The number of amides is 1. The molecule has 0 unspecified atom stereocenters.